The average Bonchev–Trinajstić information content (AvgIpc) is 2.37. The number of nitrogens with one attached hydrogen (secondary N) is 1. The third-order valence-electron chi connectivity index (χ3n) is 2.45. The van der Waals surface area contributed by atoms with Crippen molar-refractivity contribution in [2.45, 2.75) is 4.90 Å². The minimum absolute atomic E-state index is 0.00125. The molecule has 2 rings (SSSR count). The molecule has 0 aliphatic rings. The summed E-state index contributed by atoms with van der Waals surface area (Å²) in [5, 5.41) is -0.166. The summed E-state index contributed by atoms with van der Waals surface area (Å²) in [6.07, 6.45) is 0. The normalized spacial score (nSPS) is 11.3. The molecular formula is C12H9BrClFN2O2S. The molecule has 0 heterocycles. The van der Waals surface area contributed by atoms with E-state index in [2.05, 4.69) is 20.7 Å². The van der Waals surface area contributed by atoms with Crippen LogP contribution in [0.15, 0.2) is 45.8 Å². The van der Waals surface area contributed by atoms with Gasteiger partial charge in [0.1, 0.15) is 5.82 Å². The SMILES string of the molecule is Nc1cc(S(=O)(=O)Nc2ccc(F)c(Cl)c2)ccc1Br. The number of rotatable bonds is 3. The lowest BCUT2D eigenvalue weighted by Gasteiger charge is -2.09. The van der Waals surface area contributed by atoms with Crippen LogP contribution in [0.2, 0.25) is 5.02 Å². The smallest absolute Gasteiger partial charge is 0.261 e. The summed E-state index contributed by atoms with van der Waals surface area (Å²) in [6, 6.07) is 7.79. The van der Waals surface area contributed by atoms with Gasteiger partial charge in [0.25, 0.3) is 10.0 Å². The quantitative estimate of drug-likeness (QED) is 0.800. The molecule has 3 N–H and O–H groups in total. The monoisotopic (exact) mass is 378 g/mol. The van der Waals surface area contributed by atoms with E-state index in [1.807, 2.05) is 0 Å². The number of anilines is 2. The predicted octanol–water partition coefficient (Wildman–Crippen LogP) is 3.62. The molecule has 0 saturated heterocycles. The van der Waals surface area contributed by atoms with Crippen LogP contribution in [-0.2, 0) is 10.0 Å². The Labute approximate surface area is 128 Å². The van der Waals surface area contributed by atoms with Gasteiger partial charge < -0.3 is 5.73 Å². The highest BCUT2D eigenvalue weighted by molar-refractivity contribution is 9.10. The van der Waals surface area contributed by atoms with Crippen LogP contribution in [0, 0.1) is 5.82 Å². The van der Waals surface area contributed by atoms with Crippen molar-refractivity contribution in [3.05, 3.63) is 51.7 Å². The van der Waals surface area contributed by atoms with Gasteiger partial charge in [0.2, 0.25) is 0 Å². The van der Waals surface area contributed by atoms with Gasteiger partial charge in [0.05, 0.1) is 15.6 Å². The Morgan fingerprint density at radius 2 is 1.90 bits per heavy atom. The molecule has 0 bridgehead atoms. The minimum atomic E-state index is -3.81. The number of nitrogen functional groups attached to an aromatic ring is 1. The lowest BCUT2D eigenvalue weighted by Crippen LogP contribution is -2.13. The van der Waals surface area contributed by atoms with Crippen molar-refractivity contribution >= 4 is 48.9 Å². The van der Waals surface area contributed by atoms with Crippen molar-refractivity contribution in [3.8, 4) is 0 Å². The lowest BCUT2D eigenvalue weighted by atomic mass is 10.3. The number of sulfonamides is 1. The van der Waals surface area contributed by atoms with E-state index in [1.165, 1.54) is 30.3 Å². The van der Waals surface area contributed by atoms with E-state index >= 15 is 0 Å². The third kappa shape index (κ3) is 3.23. The van der Waals surface area contributed by atoms with Gasteiger partial charge in [-0.2, -0.15) is 0 Å². The van der Waals surface area contributed by atoms with Crippen molar-refractivity contribution in [2.24, 2.45) is 0 Å². The Morgan fingerprint density at radius 3 is 2.50 bits per heavy atom. The Morgan fingerprint density at radius 1 is 1.20 bits per heavy atom. The van der Waals surface area contributed by atoms with E-state index in [9.17, 15) is 12.8 Å². The summed E-state index contributed by atoms with van der Waals surface area (Å²) in [5.41, 5.74) is 6.11. The second kappa shape index (κ2) is 5.59. The Bertz CT molecular complexity index is 768. The van der Waals surface area contributed by atoms with Gasteiger partial charge in [-0.3, -0.25) is 4.72 Å². The van der Waals surface area contributed by atoms with Crippen molar-refractivity contribution in [2.75, 3.05) is 10.5 Å². The van der Waals surface area contributed by atoms with Gasteiger partial charge in [-0.05, 0) is 52.3 Å². The molecule has 0 atom stereocenters. The van der Waals surface area contributed by atoms with Gasteiger partial charge in [0, 0.05) is 10.2 Å². The van der Waals surface area contributed by atoms with Crippen LogP contribution in [0.25, 0.3) is 0 Å². The van der Waals surface area contributed by atoms with Crippen LogP contribution < -0.4 is 10.5 Å². The molecular weight excluding hydrogens is 371 g/mol. The summed E-state index contributed by atoms with van der Waals surface area (Å²) < 4.78 is 40.2. The third-order valence-corrected chi connectivity index (χ3v) is 4.84. The van der Waals surface area contributed by atoms with Gasteiger partial charge in [-0.15, -0.1) is 0 Å². The number of benzene rings is 2. The van der Waals surface area contributed by atoms with Crippen LogP contribution in [0.4, 0.5) is 15.8 Å². The topological polar surface area (TPSA) is 72.2 Å². The van der Waals surface area contributed by atoms with Crippen LogP contribution in [-0.4, -0.2) is 8.42 Å². The Balaban J connectivity index is 2.35. The fraction of sp³-hybridized carbons (Fsp3) is 0. The standard InChI is InChI=1S/C12H9BrClFN2O2S/c13-9-3-2-8(6-12(9)16)20(18,19)17-7-1-4-11(15)10(14)5-7/h1-6,17H,16H2. The zero-order chi connectivity index (χ0) is 14.9. The van der Waals surface area contributed by atoms with E-state index in [4.69, 9.17) is 17.3 Å². The van der Waals surface area contributed by atoms with E-state index in [1.54, 1.807) is 0 Å². The van der Waals surface area contributed by atoms with Crippen molar-refractivity contribution in [1.29, 1.82) is 0 Å². The van der Waals surface area contributed by atoms with E-state index < -0.39 is 15.8 Å². The molecule has 2 aromatic rings. The molecule has 0 aliphatic heterocycles. The molecule has 2 aromatic carbocycles. The van der Waals surface area contributed by atoms with Crippen molar-refractivity contribution in [3.63, 3.8) is 0 Å². The Kier molecular flexibility index (Phi) is 4.22. The second-order valence-corrected chi connectivity index (χ2v) is 6.86. The largest absolute Gasteiger partial charge is 0.398 e. The highest BCUT2D eigenvalue weighted by Gasteiger charge is 2.16. The summed E-state index contributed by atoms with van der Waals surface area (Å²) in [5.74, 6) is -0.623. The van der Waals surface area contributed by atoms with Crippen LogP contribution in [0.1, 0.15) is 0 Å². The molecule has 0 aromatic heterocycles. The maximum atomic E-state index is 13.0. The number of hydrogen-bond acceptors (Lipinski definition) is 3. The number of nitrogens with two attached hydrogens (primary N) is 1. The predicted molar refractivity (Wildman–Crippen MR) is 80.8 cm³/mol. The molecule has 0 amide bonds. The molecule has 106 valence electrons. The van der Waals surface area contributed by atoms with E-state index in [0.29, 0.717) is 10.2 Å². The molecule has 0 saturated carbocycles. The lowest BCUT2D eigenvalue weighted by molar-refractivity contribution is 0.601. The fourth-order valence-corrected chi connectivity index (χ4v) is 2.97. The highest BCUT2D eigenvalue weighted by Crippen LogP contribution is 2.25. The van der Waals surface area contributed by atoms with Crippen molar-refractivity contribution < 1.29 is 12.8 Å². The van der Waals surface area contributed by atoms with Gasteiger partial charge in [-0.1, -0.05) is 11.6 Å². The van der Waals surface area contributed by atoms with Crippen LogP contribution in [0.5, 0.6) is 0 Å². The average molecular weight is 380 g/mol. The second-order valence-electron chi connectivity index (χ2n) is 3.92. The van der Waals surface area contributed by atoms with Crippen molar-refractivity contribution in [1.82, 2.24) is 0 Å². The first-order valence-corrected chi connectivity index (χ1v) is 7.98. The van der Waals surface area contributed by atoms with Gasteiger partial charge in [0.15, 0.2) is 0 Å². The summed E-state index contributed by atoms with van der Waals surface area (Å²) in [4.78, 5) is -0.00125. The maximum absolute atomic E-state index is 13.0. The van der Waals surface area contributed by atoms with Crippen LogP contribution >= 0.6 is 27.5 Å². The molecule has 20 heavy (non-hydrogen) atoms. The number of hydrogen-bond donors (Lipinski definition) is 2. The molecule has 0 aliphatic carbocycles. The zero-order valence-electron chi connectivity index (χ0n) is 9.90. The first-order valence-electron chi connectivity index (χ1n) is 5.32. The molecule has 0 spiro atoms. The summed E-state index contributed by atoms with van der Waals surface area (Å²) >= 11 is 8.78. The summed E-state index contributed by atoms with van der Waals surface area (Å²) in [6.45, 7) is 0. The van der Waals surface area contributed by atoms with Gasteiger partial charge in [-0.25, -0.2) is 12.8 Å². The highest BCUT2D eigenvalue weighted by atomic mass is 79.9. The fourth-order valence-electron chi connectivity index (χ4n) is 1.46. The molecule has 0 radical (unpaired) electrons. The molecule has 8 heteroatoms. The van der Waals surface area contributed by atoms with E-state index in [-0.39, 0.29) is 15.6 Å². The molecule has 4 nitrogen and oxygen atoms in total. The first kappa shape index (κ1) is 15.1. The first-order chi connectivity index (χ1) is 9.29. The number of halogens is 3. The summed E-state index contributed by atoms with van der Waals surface area (Å²) in [7, 11) is -3.81. The zero-order valence-corrected chi connectivity index (χ0v) is 13.1. The molecule has 0 unspecified atom stereocenters. The molecule has 0 fully saturated rings. The minimum Gasteiger partial charge on any atom is -0.398 e. The van der Waals surface area contributed by atoms with E-state index in [0.717, 1.165) is 6.07 Å². The Hall–Kier alpha value is -1.31. The maximum Gasteiger partial charge on any atom is 0.261 e. The van der Waals surface area contributed by atoms with Gasteiger partial charge >= 0.3 is 0 Å². The van der Waals surface area contributed by atoms with Crippen LogP contribution in [0.3, 0.4) is 0 Å².